The number of furan rings is 1. The first-order chi connectivity index (χ1) is 25.3. The van der Waals surface area contributed by atoms with Gasteiger partial charge in [0.2, 0.25) is 0 Å². The van der Waals surface area contributed by atoms with E-state index in [0.29, 0.717) is 0 Å². The van der Waals surface area contributed by atoms with Crippen LogP contribution in [0.25, 0.3) is 65.7 Å². The van der Waals surface area contributed by atoms with Crippen LogP contribution in [0.4, 0.5) is 17.1 Å². The molecule has 2 heteroatoms. The fraction of sp³-hybridized carbons (Fsp3) is 0.120. The molecular weight excluding hydrogens is 631 g/mol. The van der Waals surface area contributed by atoms with E-state index in [2.05, 4.69) is 184 Å². The fourth-order valence-electron chi connectivity index (χ4n) is 9.70. The van der Waals surface area contributed by atoms with Crippen molar-refractivity contribution in [3.05, 3.63) is 174 Å². The van der Waals surface area contributed by atoms with Gasteiger partial charge in [-0.05, 0) is 103 Å². The van der Waals surface area contributed by atoms with Crippen molar-refractivity contribution in [3.8, 4) is 22.3 Å². The summed E-state index contributed by atoms with van der Waals surface area (Å²) >= 11 is 0. The fourth-order valence-corrected chi connectivity index (χ4v) is 9.70. The summed E-state index contributed by atoms with van der Waals surface area (Å²) in [6.45, 7) is 9.47. The molecule has 11 rings (SSSR count). The molecule has 0 unspecified atom stereocenters. The number of hydrogen-bond acceptors (Lipinski definition) is 2. The minimum absolute atomic E-state index is 0.107. The molecule has 0 saturated heterocycles. The van der Waals surface area contributed by atoms with E-state index in [1.54, 1.807) is 0 Å². The van der Waals surface area contributed by atoms with Gasteiger partial charge in [-0.15, -0.1) is 0 Å². The summed E-state index contributed by atoms with van der Waals surface area (Å²) in [4.78, 5) is 2.44. The van der Waals surface area contributed by atoms with Gasteiger partial charge >= 0.3 is 0 Å². The zero-order chi connectivity index (χ0) is 34.9. The summed E-state index contributed by atoms with van der Waals surface area (Å²) in [6, 6.07) is 55.9. The standard InChI is InChI=1S/C50H37NO/c1-49(2)41-19-11-9-15-35(41)36-25-23-34(29-43(36)49)51(32-22-21-30-13-5-6-14-31(30)27-32)33-24-26-44-40(28-33)46-47-45(37-16-7-8-17-38(37)48(46)52-44)39-18-10-12-20-42(39)50(47,3)4/h5-29H,1-4H3. The Morgan fingerprint density at radius 1 is 0.442 bits per heavy atom. The third-order valence-electron chi connectivity index (χ3n) is 12.2. The second kappa shape index (κ2) is 10.2. The topological polar surface area (TPSA) is 16.4 Å². The second-order valence-corrected chi connectivity index (χ2v) is 15.7. The lowest BCUT2D eigenvalue weighted by Gasteiger charge is -2.28. The largest absolute Gasteiger partial charge is 0.455 e. The molecule has 0 N–H and O–H groups in total. The Hall–Kier alpha value is -6.12. The molecule has 0 aliphatic heterocycles. The molecule has 2 nitrogen and oxygen atoms in total. The van der Waals surface area contributed by atoms with Crippen molar-refractivity contribution in [1.29, 1.82) is 0 Å². The first-order valence-electron chi connectivity index (χ1n) is 18.4. The molecule has 1 heterocycles. The highest BCUT2D eigenvalue weighted by atomic mass is 16.3. The molecule has 248 valence electrons. The minimum Gasteiger partial charge on any atom is -0.455 e. The van der Waals surface area contributed by atoms with Crippen LogP contribution in [0.1, 0.15) is 49.9 Å². The molecule has 52 heavy (non-hydrogen) atoms. The van der Waals surface area contributed by atoms with E-state index in [-0.39, 0.29) is 10.8 Å². The third kappa shape index (κ3) is 3.84. The van der Waals surface area contributed by atoms with E-state index in [1.807, 2.05) is 0 Å². The molecule has 0 saturated carbocycles. The average Bonchev–Trinajstić information content (AvgIpc) is 3.75. The van der Waals surface area contributed by atoms with Gasteiger partial charge in [0.15, 0.2) is 0 Å². The highest BCUT2D eigenvalue weighted by molar-refractivity contribution is 6.23. The molecule has 0 radical (unpaired) electrons. The van der Waals surface area contributed by atoms with Crippen molar-refractivity contribution in [2.45, 2.75) is 38.5 Å². The lowest BCUT2D eigenvalue weighted by atomic mass is 9.79. The minimum atomic E-state index is -0.195. The van der Waals surface area contributed by atoms with E-state index in [1.165, 1.54) is 66.1 Å². The van der Waals surface area contributed by atoms with Gasteiger partial charge in [-0.2, -0.15) is 0 Å². The van der Waals surface area contributed by atoms with Crippen LogP contribution in [0.2, 0.25) is 0 Å². The van der Waals surface area contributed by atoms with Crippen LogP contribution in [-0.2, 0) is 10.8 Å². The van der Waals surface area contributed by atoms with Crippen LogP contribution in [0, 0.1) is 0 Å². The van der Waals surface area contributed by atoms with E-state index in [9.17, 15) is 0 Å². The number of anilines is 3. The Bertz CT molecular complexity index is 2980. The summed E-state index contributed by atoms with van der Waals surface area (Å²) in [5.74, 6) is 0. The van der Waals surface area contributed by atoms with Crippen molar-refractivity contribution in [3.63, 3.8) is 0 Å². The van der Waals surface area contributed by atoms with Crippen molar-refractivity contribution < 1.29 is 4.42 Å². The number of nitrogens with zero attached hydrogens (tertiary/aromatic N) is 1. The maximum atomic E-state index is 6.89. The summed E-state index contributed by atoms with van der Waals surface area (Å²) in [5.41, 5.74) is 15.7. The smallest absolute Gasteiger partial charge is 0.143 e. The Balaban J connectivity index is 1.20. The zero-order valence-corrected chi connectivity index (χ0v) is 29.8. The van der Waals surface area contributed by atoms with Gasteiger partial charge in [-0.1, -0.05) is 137 Å². The second-order valence-electron chi connectivity index (χ2n) is 15.7. The summed E-state index contributed by atoms with van der Waals surface area (Å²) < 4.78 is 6.89. The molecule has 2 aliphatic carbocycles. The van der Waals surface area contributed by atoms with Gasteiger partial charge < -0.3 is 9.32 Å². The lowest BCUT2D eigenvalue weighted by Crippen LogP contribution is -2.16. The Labute approximate surface area is 303 Å². The zero-order valence-electron chi connectivity index (χ0n) is 29.8. The summed E-state index contributed by atoms with van der Waals surface area (Å²) in [5, 5.41) is 7.23. The van der Waals surface area contributed by atoms with Crippen LogP contribution in [-0.4, -0.2) is 0 Å². The number of rotatable bonds is 3. The average molecular weight is 668 g/mol. The number of benzene rings is 8. The molecule has 1 aromatic heterocycles. The van der Waals surface area contributed by atoms with Gasteiger partial charge in [-0.3, -0.25) is 0 Å². The van der Waals surface area contributed by atoms with E-state index < -0.39 is 0 Å². The van der Waals surface area contributed by atoms with Crippen LogP contribution in [0.3, 0.4) is 0 Å². The molecule has 0 fully saturated rings. The molecule has 2 aliphatic rings. The molecule has 0 bridgehead atoms. The molecular formula is C50H37NO. The number of fused-ring (bicyclic) bond motifs is 14. The van der Waals surface area contributed by atoms with Crippen molar-refractivity contribution >= 4 is 60.5 Å². The maximum Gasteiger partial charge on any atom is 0.143 e. The summed E-state index contributed by atoms with van der Waals surface area (Å²) in [7, 11) is 0. The predicted octanol–water partition coefficient (Wildman–Crippen LogP) is 14.0. The Morgan fingerprint density at radius 3 is 1.87 bits per heavy atom. The molecule has 9 aromatic rings. The molecule has 0 spiro atoms. The van der Waals surface area contributed by atoms with Crippen molar-refractivity contribution in [1.82, 2.24) is 0 Å². The van der Waals surface area contributed by atoms with E-state index in [4.69, 9.17) is 4.42 Å². The Kier molecular flexibility index (Phi) is 5.83. The van der Waals surface area contributed by atoms with Gasteiger partial charge in [0.05, 0.1) is 0 Å². The first kappa shape index (κ1) is 29.6. The van der Waals surface area contributed by atoms with Gasteiger partial charge in [0.1, 0.15) is 11.2 Å². The van der Waals surface area contributed by atoms with Crippen molar-refractivity contribution in [2.75, 3.05) is 4.90 Å². The highest BCUT2D eigenvalue weighted by Gasteiger charge is 2.40. The van der Waals surface area contributed by atoms with Crippen LogP contribution < -0.4 is 4.90 Å². The van der Waals surface area contributed by atoms with Crippen LogP contribution in [0.5, 0.6) is 0 Å². The number of hydrogen-bond donors (Lipinski definition) is 0. The van der Waals surface area contributed by atoms with Crippen molar-refractivity contribution in [2.24, 2.45) is 0 Å². The summed E-state index contributed by atoms with van der Waals surface area (Å²) in [6.07, 6.45) is 0. The molecule has 0 amide bonds. The van der Waals surface area contributed by atoms with E-state index in [0.717, 1.165) is 39.0 Å². The van der Waals surface area contributed by atoms with Gasteiger partial charge in [-0.25, -0.2) is 0 Å². The van der Waals surface area contributed by atoms with Gasteiger partial charge in [0, 0.05) is 44.1 Å². The highest BCUT2D eigenvalue weighted by Crippen LogP contribution is 2.57. The SMILES string of the molecule is CC1(C)c2ccccc2-c2ccc(N(c3ccc4ccccc4c3)c3ccc4oc5c6ccccc6c6c(c5c4c3)C(C)(C)c3ccccc3-6)cc21. The predicted molar refractivity (Wildman–Crippen MR) is 219 cm³/mol. The third-order valence-corrected chi connectivity index (χ3v) is 12.2. The molecule has 8 aromatic carbocycles. The van der Waals surface area contributed by atoms with Crippen LogP contribution >= 0.6 is 0 Å². The van der Waals surface area contributed by atoms with E-state index >= 15 is 0 Å². The van der Waals surface area contributed by atoms with Gasteiger partial charge in [0.25, 0.3) is 0 Å². The quantitative estimate of drug-likeness (QED) is 0.186. The molecule has 0 atom stereocenters. The lowest BCUT2D eigenvalue weighted by molar-refractivity contribution is 0.659. The maximum absolute atomic E-state index is 6.89. The normalized spacial score (nSPS) is 14.8. The Morgan fingerprint density at radius 2 is 1.04 bits per heavy atom. The monoisotopic (exact) mass is 667 g/mol. The van der Waals surface area contributed by atoms with Crippen LogP contribution in [0.15, 0.2) is 156 Å². The first-order valence-corrected chi connectivity index (χ1v) is 18.4.